The van der Waals surface area contributed by atoms with Crippen molar-refractivity contribution in [1.29, 1.82) is 0 Å². The summed E-state index contributed by atoms with van der Waals surface area (Å²) in [4.78, 5) is 24.0. The third-order valence-electron chi connectivity index (χ3n) is 5.24. The van der Waals surface area contributed by atoms with E-state index in [9.17, 15) is 19.8 Å². The number of aromatic hydroxyl groups is 1. The molecule has 0 unspecified atom stereocenters. The van der Waals surface area contributed by atoms with Gasteiger partial charge in [0.25, 0.3) is 0 Å². The number of hydrogen-bond donors (Lipinski definition) is 3. The Balaban J connectivity index is 1.64. The highest BCUT2D eigenvalue weighted by molar-refractivity contribution is 6.15. The number of carboxylic acids is 1. The molecule has 2 aromatic rings. The molecule has 0 atom stereocenters. The van der Waals surface area contributed by atoms with E-state index in [0.29, 0.717) is 0 Å². The SMILES string of the molecule is O=C(O)c1ccccc1C(=O)c1ccc(NCCCC2CCCC2)cc1O. The van der Waals surface area contributed by atoms with E-state index in [1.165, 1.54) is 56.4 Å². The molecule has 0 radical (unpaired) electrons. The molecule has 0 aliphatic heterocycles. The second kappa shape index (κ2) is 8.71. The largest absolute Gasteiger partial charge is 0.507 e. The van der Waals surface area contributed by atoms with Crippen LogP contribution in [0.15, 0.2) is 42.5 Å². The number of carboxylic acid groups (broad SMARTS) is 1. The van der Waals surface area contributed by atoms with Crippen LogP contribution in [0.3, 0.4) is 0 Å². The van der Waals surface area contributed by atoms with Gasteiger partial charge < -0.3 is 15.5 Å². The van der Waals surface area contributed by atoms with Crippen molar-refractivity contribution in [3.8, 4) is 5.75 Å². The first-order valence-corrected chi connectivity index (χ1v) is 9.50. The van der Waals surface area contributed by atoms with Crippen LogP contribution in [-0.4, -0.2) is 28.5 Å². The number of aromatic carboxylic acids is 1. The van der Waals surface area contributed by atoms with Crippen molar-refractivity contribution in [3.05, 3.63) is 59.2 Å². The van der Waals surface area contributed by atoms with Crippen LogP contribution in [-0.2, 0) is 0 Å². The topological polar surface area (TPSA) is 86.6 Å². The summed E-state index contributed by atoms with van der Waals surface area (Å²) in [6.07, 6.45) is 7.70. The van der Waals surface area contributed by atoms with Crippen LogP contribution in [0, 0.1) is 5.92 Å². The average Bonchev–Trinajstić information content (AvgIpc) is 3.18. The van der Waals surface area contributed by atoms with Gasteiger partial charge in [0.05, 0.1) is 11.1 Å². The number of rotatable bonds is 8. The van der Waals surface area contributed by atoms with E-state index in [1.807, 2.05) is 0 Å². The van der Waals surface area contributed by atoms with Gasteiger partial charge in [-0.05, 0) is 37.0 Å². The molecule has 0 spiro atoms. The molecule has 1 saturated carbocycles. The number of benzene rings is 2. The molecule has 5 heteroatoms. The summed E-state index contributed by atoms with van der Waals surface area (Å²) in [5, 5.41) is 22.8. The molecule has 3 rings (SSSR count). The number of carbonyl (C=O) groups excluding carboxylic acids is 1. The van der Waals surface area contributed by atoms with E-state index in [4.69, 9.17) is 0 Å². The number of ketones is 1. The Morgan fingerprint density at radius 1 is 1.00 bits per heavy atom. The van der Waals surface area contributed by atoms with Crippen LogP contribution in [0.5, 0.6) is 5.75 Å². The molecule has 1 aliphatic carbocycles. The fourth-order valence-electron chi connectivity index (χ4n) is 3.77. The Morgan fingerprint density at radius 2 is 1.70 bits per heavy atom. The van der Waals surface area contributed by atoms with Crippen molar-refractivity contribution in [2.45, 2.75) is 38.5 Å². The lowest BCUT2D eigenvalue weighted by molar-refractivity contribution is 0.0692. The molecule has 1 aliphatic rings. The second-order valence-corrected chi connectivity index (χ2v) is 7.13. The molecule has 1 fully saturated rings. The minimum atomic E-state index is -1.17. The maximum absolute atomic E-state index is 12.7. The first-order chi connectivity index (χ1) is 13.1. The van der Waals surface area contributed by atoms with Gasteiger partial charge in [0.15, 0.2) is 5.78 Å². The number of nitrogens with one attached hydrogen (secondary N) is 1. The van der Waals surface area contributed by atoms with Gasteiger partial charge in [0.1, 0.15) is 5.75 Å². The maximum atomic E-state index is 12.7. The van der Waals surface area contributed by atoms with Gasteiger partial charge >= 0.3 is 5.97 Å². The Labute approximate surface area is 159 Å². The van der Waals surface area contributed by atoms with E-state index in [-0.39, 0.29) is 22.4 Å². The number of carbonyl (C=O) groups is 2. The zero-order chi connectivity index (χ0) is 19.2. The summed E-state index contributed by atoms with van der Waals surface area (Å²) >= 11 is 0. The number of hydrogen-bond acceptors (Lipinski definition) is 4. The summed E-state index contributed by atoms with van der Waals surface area (Å²) in [5.41, 5.74) is 0.843. The predicted molar refractivity (Wildman–Crippen MR) is 105 cm³/mol. The van der Waals surface area contributed by atoms with Crippen molar-refractivity contribution < 1.29 is 19.8 Å². The minimum Gasteiger partial charge on any atom is -0.507 e. The summed E-state index contributed by atoms with van der Waals surface area (Å²) in [6, 6.07) is 10.8. The Morgan fingerprint density at radius 3 is 2.37 bits per heavy atom. The normalized spacial score (nSPS) is 14.2. The van der Waals surface area contributed by atoms with E-state index in [0.717, 1.165) is 24.6 Å². The third-order valence-corrected chi connectivity index (χ3v) is 5.24. The van der Waals surface area contributed by atoms with E-state index < -0.39 is 11.8 Å². The average molecular weight is 367 g/mol. The van der Waals surface area contributed by atoms with E-state index >= 15 is 0 Å². The highest BCUT2D eigenvalue weighted by atomic mass is 16.4. The van der Waals surface area contributed by atoms with Crippen LogP contribution in [0.4, 0.5) is 5.69 Å². The molecule has 5 nitrogen and oxygen atoms in total. The lowest BCUT2D eigenvalue weighted by atomic mass is 9.97. The first kappa shape index (κ1) is 19.0. The van der Waals surface area contributed by atoms with E-state index in [1.54, 1.807) is 18.2 Å². The quantitative estimate of drug-likeness (QED) is 0.465. The molecule has 3 N–H and O–H groups in total. The fraction of sp³-hybridized carbons (Fsp3) is 0.364. The minimum absolute atomic E-state index is 0.0672. The molecular formula is C22H25NO4. The van der Waals surface area contributed by atoms with Crippen molar-refractivity contribution in [2.75, 3.05) is 11.9 Å². The van der Waals surface area contributed by atoms with Gasteiger partial charge in [-0.1, -0.05) is 43.9 Å². The Hall–Kier alpha value is -2.82. The molecule has 0 aromatic heterocycles. The molecule has 142 valence electrons. The van der Waals surface area contributed by atoms with Crippen LogP contribution in [0.1, 0.15) is 64.8 Å². The zero-order valence-corrected chi connectivity index (χ0v) is 15.3. The standard InChI is InChI=1S/C22H25NO4/c24-20-14-16(23-13-5-8-15-6-1-2-7-15)11-12-19(20)21(25)17-9-3-4-10-18(17)22(26)27/h3-4,9-12,14-15,23-24H,1-2,5-8,13H2,(H,26,27). The molecule has 0 bridgehead atoms. The van der Waals surface area contributed by atoms with Crippen molar-refractivity contribution >= 4 is 17.4 Å². The summed E-state index contributed by atoms with van der Waals surface area (Å²) in [7, 11) is 0. The summed E-state index contributed by atoms with van der Waals surface area (Å²) in [6.45, 7) is 0.824. The van der Waals surface area contributed by atoms with Crippen molar-refractivity contribution in [1.82, 2.24) is 0 Å². The van der Waals surface area contributed by atoms with Gasteiger partial charge in [-0.2, -0.15) is 0 Å². The molecule has 2 aromatic carbocycles. The van der Waals surface area contributed by atoms with Gasteiger partial charge in [-0.15, -0.1) is 0 Å². The highest BCUT2D eigenvalue weighted by Gasteiger charge is 2.20. The number of phenols is 1. The third kappa shape index (κ3) is 4.67. The molecule has 27 heavy (non-hydrogen) atoms. The first-order valence-electron chi connectivity index (χ1n) is 9.50. The van der Waals surface area contributed by atoms with Gasteiger partial charge in [-0.3, -0.25) is 4.79 Å². The molecule has 0 heterocycles. The van der Waals surface area contributed by atoms with Crippen LogP contribution >= 0.6 is 0 Å². The van der Waals surface area contributed by atoms with Crippen LogP contribution < -0.4 is 5.32 Å². The zero-order valence-electron chi connectivity index (χ0n) is 15.3. The fourth-order valence-corrected chi connectivity index (χ4v) is 3.77. The van der Waals surface area contributed by atoms with Gasteiger partial charge in [-0.25, -0.2) is 4.79 Å². The molecular weight excluding hydrogens is 342 g/mol. The predicted octanol–water partition coefficient (Wildman–Crippen LogP) is 4.70. The lowest BCUT2D eigenvalue weighted by Crippen LogP contribution is -2.10. The molecule has 0 amide bonds. The van der Waals surface area contributed by atoms with E-state index in [2.05, 4.69) is 5.32 Å². The van der Waals surface area contributed by atoms with Crippen LogP contribution in [0.25, 0.3) is 0 Å². The summed E-state index contributed by atoms with van der Waals surface area (Å²) in [5.74, 6) is -0.965. The van der Waals surface area contributed by atoms with Crippen molar-refractivity contribution in [3.63, 3.8) is 0 Å². The highest BCUT2D eigenvalue weighted by Crippen LogP contribution is 2.29. The smallest absolute Gasteiger partial charge is 0.336 e. The number of phenolic OH excluding ortho intramolecular Hbond substituents is 1. The van der Waals surface area contributed by atoms with Crippen molar-refractivity contribution in [2.24, 2.45) is 5.92 Å². The number of anilines is 1. The monoisotopic (exact) mass is 367 g/mol. The summed E-state index contributed by atoms with van der Waals surface area (Å²) < 4.78 is 0. The lowest BCUT2D eigenvalue weighted by Gasteiger charge is -2.12. The maximum Gasteiger partial charge on any atom is 0.336 e. The Bertz CT molecular complexity index is 825. The molecule has 0 saturated heterocycles. The second-order valence-electron chi connectivity index (χ2n) is 7.13. The van der Waals surface area contributed by atoms with Crippen LogP contribution in [0.2, 0.25) is 0 Å². The van der Waals surface area contributed by atoms with Gasteiger partial charge in [0.2, 0.25) is 0 Å². The van der Waals surface area contributed by atoms with Gasteiger partial charge in [0, 0.05) is 23.9 Å². The Kier molecular flexibility index (Phi) is 6.12.